The molecule has 0 saturated carbocycles. The molecule has 0 heterocycles. The van der Waals surface area contributed by atoms with Gasteiger partial charge in [-0.2, -0.15) is 0 Å². The summed E-state index contributed by atoms with van der Waals surface area (Å²) >= 11 is 0. The quantitative estimate of drug-likeness (QED) is 0.743. The van der Waals surface area contributed by atoms with Crippen LogP contribution in [0.2, 0.25) is 0 Å². The van der Waals surface area contributed by atoms with Crippen LogP contribution in [0.15, 0.2) is 48.5 Å². The molecule has 0 unspecified atom stereocenters. The Labute approximate surface area is 155 Å². The van der Waals surface area contributed by atoms with Gasteiger partial charge in [-0.1, -0.05) is 18.2 Å². The smallest absolute Gasteiger partial charge is 0.251 e. The molecule has 6 nitrogen and oxygen atoms in total. The molecule has 0 atom stereocenters. The zero-order chi connectivity index (χ0) is 19.2. The van der Waals surface area contributed by atoms with Crippen LogP contribution in [0.5, 0.6) is 0 Å². The Morgan fingerprint density at radius 2 is 1.85 bits per heavy atom. The van der Waals surface area contributed by atoms with E-state index in [4.69, 9.17) is 0 Å². The molecule has 1 amide bonds. The molecular formula is C19H25N3O3S. The number of anilines is 2. The lowest BCUT2D eigenvalue weighted by molar-refractivity contribution is 0.0954. The van der Waals surface area contributed by atoms with Crippen LogP contribution in [0, 0.1) is 6.92 Å². The number of carbonyl (C=O) groups excluding carboxylic acids is 1. The molecule has 2 aromatic carbocycles. The van der Waals surface area contributed by atoms with Gasteiger partial charge >= 0.3 is 0 Å². The molecule has 0 fully saturated rings. The topological polar surface area (TPSA) is 78.5 Å². The third-order valence-electron chi connectivity index (χ3n) is 3.84. The number of likely N-dealkylation sites (N-methyl/N-ethyl adjacent to an activating group) is 1. The van der Waals surface area contributed by atoms with Gasteiger partial charge in [0.2, 0.25) is 10.0 Å². The maximum atomic E-state index is 12.3. The van der Waals surface area contributed by atoms with E-state index in [1.807, 2.05) is 6.07 Å². The Balaban J connectivity index is 1.95. The summed E-state index contributed by atoms with van der Waals surface area (Å²) in [5, 5.41) is 2.88. The first-order valence-electron chi connectivity index (χ1n) is 8.46. The van der Waals surface area contributed by atoms with E-state index >= 15 is 0 Å². The Bertz CT molecular complexity index is 866. The summed E-state index contributed by atoms with van der Waals surface area (Å²) in [6, 6.07) is 14.7. The van der Waals surface area contributed by atoms with Crippen molar-refractivity contribution in [3.05, 3.63) is 59.7 Å². The van der Waals surface area contributed by atoms with Crippen molar-refractivity contribution in [2.45, 2.75) is 13.8 Å². The van der Waals surface area contributed by atoms with Gasteiger partial charge < -0.3 is 10.2 Å². The highest BCUT2D eigenvalue weighted by Crippen LogP contribution is 2.15. The number of carbonyl (C=O) groups is 1. The lowest BCUT2D eigenvalue weighted by atomic mass is 10.2. The minimum atomic E-state index is -3.37. The number of benzene rings is 2. The molecule has 0 spiro atoms. The largest absolute Gasteiger partial charge is 0.370 e. The molecule has 26 heavy (non-hydrogen) atoms. The van der Waals surface area contributed by atoms with E-state index in [-0.39, 0.29) is 5.91 Å². The van der Waals surface area contributed by atoms with Crippen molar-refractivity contribution in [2.75, 3.05) is 35.5 Å². The number of hydrogen-bond donors (Lipinski definition) is 2. The number of aryl methyl sites for hydroxylation is 1. The van der Waals surface area contributed by atoms with E-state index in [9.17, 15) is 13.2 Å². The molecule has 2 rings (SSSR count). The summed E-state index contributed by atoms with van der Waals surface area (Å²) in [5.74, 6) is -0.234. The van der Waals surface area contributed by atoms with E-state index in [2.05, 4.69) is 47.0 Å². The summed E-state index contributed by atoms with van der Waals surface area (Å²) in [5.41, 5.74) is 3.11. The highest BCUT2D eigenvalue weighted by molar-refractivity contribution is 7.92. The predicted molar refractivity (Wildman–Crippen MR) is 106 cm³/mol. The van der Waals surface area contributed by atoms with Gasteiger partial charge in [0, 0.05) is 36.6 Å². The average molecular weight is 375 g/mol. The number of amides is 1. The standard InChI is InChI=1S/C19H25N3O3S/c1-4-22(18-10-5-7-15(2)13-18)12-11-20-19(23)16-8-6-9-17(14-16)21-26(3,24)25/h5-10,13-14,21H,4,11-12H2,1-3H3,(H,20,23). The van der Waals surface area contributed by atoms with Crippen LogP contribution < -0.4 is 14.9 Å². The number of nitrogens with one attached hydrogen (secondary N) is 2. The molecule has 2 aromatic rings. The van der Waals surface area contributed by atoms with Crippen LogP contribution in [0.25, 0.3) is 0 Å². The van der Waals surface area contributed by atoms with Gasteiger partial charge in [0.1, 0.15) is 0 Å². The molecule has 7 heteroatoms. The fourth-order valence-electron chi connectivity index (χ4n) is 2.64. The summed E-state index contributed by atoms with van der Waals surface area (Å²) in [6.45, 7) is 6.14. The number of rotatable bonds is 8. The summed E-state index contributed by atoms with van der Waals surface area (Å²) < 4.78 is 25.0. The van der Waals surface area contributed by atoms with E-state index in [0.29, 0.717) is 24.3 Å². The monoisotopic (exact) mass is 375 g/mol. The fourth-order valence-corrected chi connectivity index (χ4v) is 3.19. The van der Waals surface area contributed by atoms with Crippen molar-refractivity contribution in [1.29, 1.82) is 0 Å². The van der Waals surface area contributed by atoms with Crippen LogP contribution in [0.1, 0.15) is 22.8 Å². The van der Waals surface area contributed by atoms with Crippen molar-refractivity contribution in [3.8, 4) is 0 Å². The molecule has 2 N–H and O–H groups in total. The highest BCUT2D eigenvalue weighted by Gasteiger charge is 2.09. The maximum Gasteiger partial charge on any atom is 0.251 e. The third kappa shape index (κ3) is 6.07. The molecular weight excluding hydrogens is 350 g/mol. The Morgan fingerprint density at radius 3 is 2.50 bits per heavy atom. The van der Waals surface area contributed by atoms with Crippen molar-refractivity contribution in [3.63, 3.8) is 0 Å². The van der Waals surface area contributed by atoms with Gasteiger partial charge in [0.15, 0.2) is 0 Å². The first kappa shape index (κ1) is 19.8. The second-order valence-electron chi connectivity index (χ2n) is 6.13. The van der Waals surface area contributed by atoms with Crippen molar-refractivity contribution in [2.24, 2.45) is 0 Å². The minimum absolute atomic E-state index is 0.234. The predicted octanol–water partition coefficient (Wildman–Crippen LogP) is 2.62. The molecule has 0 aromatic heterocycles. The normalized spacial score (nSPS) is 11.0. The van der Waals surface area contributed by atoms with E-state index < -0.39 is 10.0 Å². The van der Waals surface area contributed by atoms with Crippen molar-refractivity contribution in [1.82, 2.24) is 5.32 Å². The maximum absolute atomic E-state index is 12.3. The SMILES string of the molecule is CCN(CCNC(=O)c1cccc(NS(C)(=O)=O)c1)c1cccc(C)c1. The lowest BCUT2D eigenvalue weighted by Crippen LogP contribution is -2.35. The van der Waals surface area contributed by atoms with Gasteiger partial charge in [-0.25, -0.2) is 8.42 Å². The fraction of sp³-hybridized carbons (Fsp3) is 0.316. The van der Waals surface area contributed by atoms with Crippen molar-refractivity contribution < 1.29 is 13.2 Å². The Kier molecular flexibility index (Phi) is 6.63. The van der Waals surface area contributed by atoms with Crippen LogP contribution in [-0.2, 0) is 10.0 Å². The first-order chi connectivity index (χ1) is 12.3. The van der Waals surface area contributed by atoms with E-state index in [1.165, 1.54) is 11.6 Å². The van der Waals surface area contributed by atoms with Crippen molar-refractivity contribution >= 4 is 27.3 Å². The second kappa shape index (κ2) is 8.71. The molecule has 0 aliphatic carbocycles. The lowest BCUT2D eigenvalue weighted by Gasteiger charge is -2.23. The summed E-state index contributed by atoms with van der Waals surface area (Å²) in [4.78, 5) is 14.5. The minimum Gasteiger partial charge on any atom is -0.370 e. The molecule has 0 radical (unpaired) electrons. The third-order valence-corrected chi connectivity index (χ3v) is 4.45. The molecule has 0 saturated heterocycles. The molecule has 140 valence electrons. The first-order valence-corrected chi connectivity index (χ1v) is 10.4. The van der Waals surface area contributed by atoms with Crippen LogP contribution in [-0.4, -0.2) is 40.2 Å². The molecule has 0 aliphatic heterocycles. The van der Waals surface area contributed by atoms with Crippen LogP contribution >= 0.6 is 0 Å². The zero-order valence-corrected chi connectivity index (χ0v) is 16.1. The highest BCUT2D eigenvalue weighted by atomic mass is 32.2. The van der Waals surface area contributed by atoms with Gasteiger partial charge in [-0.05, 0) is 49.7 Å². The van der Waals surface area contributed by atoms with Gasteiger partial charge in [0.05, 0.1) is 6.26 Å². The van der Waals surface area contributed by atoms with Crippen LogP contribution in [0.4, 0.5) is 11.4 Å². The average Bonchev–Trinajstić information content (AvgIpc) is 2.57. The summed E-state index contributed by atoms with van der Waals surface area (Å²) in [7, 11) is -3.37. The zero-order valence-electron chi connectivity index (χ0n) is 15.3. The van der Waals surface area contributed by atoms with Crippen LogP contribution in [0.3, 0.4) is 0 Å². The number of nitrogens with zero attached hydrogens (tertiary/aromatic N) is 1. The number of sulfonamides is 1. The summed E-state index contributed by atoms with van der Waals surface area (Å²) in [6.07, 6.45) is 1.07. The Morgan fingerprint density at radius 1 is 1.12 bits per heavy atom. The van der Waals surface area contributed by atoms with Gasteiger partial charge in [-0.3, -0.25) is 9.52 Å². The second-order valence-corrected chi connectivity index (χ2v) is 7.88. The van der Waals surface area contributed by atoms with E-state index in [1.54, 1.807) is 18.2 Å². The van der Waals surface area contributed by atoms with E-state index in [0.717, 1.165) is 18.5 Å². The number of hydrogen-bond acceptors (Lipinski definition) is 4. The molecule has 0 aliphatic rings. The molecule has 0 bridgehead atoms. The van der Waals surface area contributed by atoms with Gasteiger partial charge in [-0.15, -0.1) is 0 Å². The Hall–Kier alpha value is -2.54. The van der Waals surface area contributed by atoms with Gasteiger partial charge in [0.25, 0.3) is 5.91 Å².